The molecule has 2 aliphatic rings. The summed E-state index contributed by atoms with van der Waals surface area (Å²) in [5.41, 5.74) is 4.88. The Hall–Kier alpha value is -2.45. The van der Waals surface area contributed by atoms with Gasteiger partial charge < -0.3 is 31.1 Å². The topological polar surface area (TPSA) is 152 Å². The summed E-state index contributed by atoms with van der Waals surface area (Å²) < 4.78 is 7.04. The van der Waals surface area contributed by atoms with E-state index >= 15 is 0 Å². The third-order valence-corrected chi connectivity index (χ3v) is 4.53. The summed E-state index contributed by atoms with van der Waals surface area (Å²) >= 11 is 0. The molecule has 1 aliphatic heterocycles. The maximum atomic E-state index is 10.4. The summed E-state index contributed by atoms with van der Waals surface area (Å²) in [4.78, 5) is 12.6. The number of anilines is 2. The second kappa shape index (κ2) is 5.53. The summed E-state index contributed by atoms with van der Waals surface area (Å²) in [5.74, 6) is 2.76. The van der Waals surface area contributed by atoms with E-state index in [1.54, 1.807) is 0 Å². The van der Waals surface area contributed by atoms with Gasteiger partial charge in [-0.3, -0.25) is 4.57 Å². The largest absolute Gasteiger partial charge is 0.392 e. The van der Waals surface area contributed by atoms with Crippen LogP contribution in [0.15, 0.2) is 6.33 Å². The zero-order valence-electron chi connectivity index (χ0n) is 13.2. The zero-order chi connectivity index (χ0) is 17.8. The molecule has 25 heavy (non-hydrogen) atoms. The second-order valence-corrected chi connectivity index (χ2v) is 6.31. The lowest BCUT2D eigenvalue weighted by Gasteiger charge is -2.23. The van der Waals surface area contributed by atoms with Crippen LogP contribution in [0.5, 0.6) is 0 Å². The van der Waals surface area contributed by atoms with Crippen LogP contribution in [0.4, 0.5) is 11.8 Å². The molecule has 132 valence electrons. The molecule has 1 aliphatic carbocycles. The van der Waals surface area contributed by atoms with Gasteiger partial charge in [0.15, 0.2) is 28.8 Å². The molecule has 2 fully saturated rings. The summed E-state index contributed by atoms with van der Waals surface area (Å²) in [6, 6.07) is 0.335. The van der Waals surface area contributed by atoms with Gasteiger partial charge in [0.05, 0.1) is 12.9 Å². The number of aromatic nitrogens is 4. The van der Waals surface area contributed by atoms with Gasteiger partial charge in [-0.15, -0.1) is 6.42 Å². The maximum absolute atomic E-state index is 10.4. The van der Waals surface area contributed by atoms with Crippen LogP contribution in [-0.2, 0) is 4.74 Å². The minimum Gasteiger partial charge on any atom is -0.392 e. The van der Waals surface area contributed by atoms with Gasteiger partial charge in [0.1, 0.15) is 12.2 Å². The van der Waals surface area contributed by atoms with Gasteiger partial charge in [-0.05, 0) is 12.8 Å². The molecule has 0 amide bonds. The Morgan fingerprint density at radius 2 is 2.20 bits per heavy atom. The van der Waals surface area contributed by atoms with Gasteiger partial charge in [-0.2, -0.15) is 9.97 Å². The average molecular weight is 346 g/mol. The quantitative estimate of drug-likeness (QED) is 0.421. The fourth-order valence-corrected chi connectivity index (χ4v) is 2.95. The number of rotatable bonds is 4. The monoisotopic (exact) mass is 346 g/mol. The number of fused-ring (bicyclic) bond motifs is 1. The molecule has 0 aromatic carbocycles. The number of aliphatic hydroxyl groups excluding tert-OH is 3. The molecular weight excluding hydrogens is 328 g/mol. The fraction of sp³-hybridized carbons (Fsp3) is 0.533. The van der Waals surface area contributed by atoms with Crippen LogP contribution in [-0.4, -0.2) is 65.3 Å². The first-order valence-electron chi connectivity index (χ1n) is 7.88. The van der Waals surface area contributed by atoms with Crippen LogP contribution < -0.4 is 11.1 Å². The molecule has 2 aromatic rings. The van der Waals surface area contributed by atoms with Crippen molar-refractivity contribution < 1.29 is 20.1 Å². The first kappa shape index (κ1) is 16.0. The molecular formula is C15H18N6O4. The summed E-state index contributed by atoms with van der Waals surface area (Å²) in [5, 5.41) is 33.3. The van der Waals surface area contributed by atoms with E-state index in [1.165, 1.54) is 10.9 Å². The first-order chi connectivity index (χ1) is 12.0. The summed E-state index contributed by atoms with van der Waals surface area (Å²) in [7, 11) is 0. The molecule has 6 N–H and O–H groups in total. The van der Waals surface area contributed by atoms with Gasteiger partial charge in [-0.25, -0.2) is 4.98 Å². The van der Waals surface area contributed by atoms with Crippen LogP contribution in [0, 0.1) is 12.3 Å². The van der Waals surface area contributed by atoms with E-state index in [-0.39, 0.29) is 5.95 Å². The van der Waals surface area contributed by atoms with E-state index in [4.69, 9.17) is 16.9 Å². The van der Waals surface area contributed by atoms with Gasteiger partial charge >= 0.3 is 0 Å². The number of imidazole rings is 1. The number of terminal acetylenes is 1. The SMILES string of the molecule is C#C[C@]1(CO)O[C@@H](n2cnc3c(NC4CC4)nc(N)nc32)C(O)[C@H]1O. The lowest BCUT2D eigenvalue weighted by Crippen LogP contribution is -2.44. The smallest absolute Gasteiger partial charge is 0.224 e. The highest BCUT2D eigenvalue weighted by Crippen LogP contribution is 2.38. The van der Waals surface area contributed by atoms with Crippen LogP contribution in [0.2, 0.25) is 0 Å². The van der Waals surface area contributed by atoms with Gasteiger partial charge in [0, 0.05) is 6.04 Å². The van der Waals surface area contributed by atoms with Crippen molar-refractivity contribution in [3.8, 4) is 12.3 Å². The van der Waals surface area contributed by atoms with E-state index in [0.717, 1.165) is 12.8 Å². The van der Waals surface area contributed by atoms with Crippen molar-refractivity contribution >= 4 is 22.9 Å². The molecule has 3 heterocycles. The number of nitrogen functional groups attached to an aromatic ring is 1. The van der Waals surface area contributed by atoms with E-state index < -0.39 is 30.6 Å². The Bertz CT molecular complexity index is 860. The molecule has 10 nitrogen and oxygen atoms in total. The normalized spacial score (nSPS) is 32.0. The molecule has 2 aromatic heterocycles. The van der Waals surface area contributed by atoms with E-state index in [2.05, 4.69) is 26.2 Å². The van der Waals surface area contributed by atoms with Crippen LogP contribution in [0.3, 0.4) is 0 Å². The van der Waals surface area contributed by atoms with Gasteiger partial charge in [-0.1, -0.05) is 5.92 Å². The fourth-order valence-electron chi connectivity index (χ4n) is 2.95. The van der Waals surface area contributed by atoms with Crippen molar-refractivity contribution in [1.29, 1.82) is 0 Å². The predicted octanol–water partition coefficient (Wildman–Crippen LogP) is -1.40. The molecule has 1 saturated heterocycles. The number of nitrogens with zero attached hydrogens (tertiary/aromatic N) is 4. The Morgan fingerprint density at radius 1 is 1.44 bits per heavy atom. The van der Waals surface area contributed by atoms with Crippen molar-refractivity contribution in [2.75, 3.05) is 17.7 Å². The van der Waals surface area contributed by atoms with Crippen molar-refractivity contribution in [2.24, 2.45) is 0 Å². The summed E-state index contributed by atoms with van der Waals surface area (Å²) in [6.45, 7) is -0.642. The average Bonchev–Trinajstić information content (AvgIpc) is 3.26. The van der Waals surface area contributed by atoms with E-state index in [0.29, 0.717) is 23.0 Å². The Labute approximate surface area is 142 Å². The van der Waals surface area contributed by atoms with Crippen molar-refractivity contribution in [3.63, 3.8) is 0 Å². The molecule has 10 heteroatoms. The van der Waals surface area contributed by atoms with E-state index in [9.17, 15) is 15.3 Å². The number of nitrogens with two attached hydrogens (primary N) is 1. The van der Waals surface area contributed by atoms with Crippen LogP contribution >= 0.6 is 0 Å². The standard InChI is InChI=1S/C15H18N6O4/c1-2-15(5-22)10(24)9(23)13(25-15)21-6-17-8-11(18-7-3-4-7)19-14(16)20-12(8)21/h1,6-7,9-10,13,22-24H,3-5H2,(H3,16,18,19,20)/t9?,10-,13-,15-/m1/s1. The van der Waals surface area contributed by atoms with Crippen molar-refractivity contribution in [1.82, 2.24) is 19.5 Å². The number of hydrogen-bond acceptors (Lipinski definition) is 9. The highest BCUT2D eigenvalue weighted by atomic mass is 16.6. The van der Waals surface area contributed by atoms with Crippen molar-refractivity contribution in [3.05, 3.63) is 6.33 Å². The maximum Gasteiger partial charge on any atom is 0.224 e. The van der Waals surface area contributed by atoms with E-state index in [1.807, 2.05) is 0 Å². The number of aliphatic hydroxyl groups is 3. The third-order valence-electron chi connectivity index (χ3n) is 4.53. The zero-order valence-corrected chi connectivity index (χ0v) is 13.2. The Kier molecular flexibility index (Phi) is 3.55. The number of hydrogen-bond donors (Lipinski definition) is 5. The first-order valence-corrected chi connectivity index (χ1v) is 7.88. The molecule has 0 spiro atoms. The number of ether oxygens (including phenoxy) is 1. The summed E-state index contributed by atoms with van der Waals surface area (Å²) in [6.07, 6.45) is 4.96. The molecule has 4 atom stereocenters. The van der Waals surface area contributed by atoms with Crippen LogP contribution in [0.25, 0.3) is 11.2 Å². The highest BCUT2D eigenvalue weighted by Gasteiger charge is 2.54. The molecule has 1 saturated carbocycles. The van der Waals surface area contributed by atoms with Gasteiger partial charge in [0.2, 0.25) is 5.95 Å². The predicted molar refractivity (Wildman–Crippen MR) is 87.2 cm³/mol. The lowest BCUT2D eigenvalue weighted by atomic mass is 9.97. The minimum atomic E-state index is -1.70. The second-order valence-electron chi connectivity index (χ2n) is 6.31. The van der Waals surface area contributed by atoms with Crippen molar-refractivity contribution in [2.45, 2.75) is 42.9 Å². The Morgan fingerprint density at radius 3 is 2.80 bits per heavy atom. The molecule has 0 bridgehead atoms. The lowest BCUT2D eigenvalue weighted by molar-refractivity contribution is -0.0910. The highest BCUT2D eigenvalue weighted by molar-refractivity contribution is 5.84. The molecule has 4 rings (SSSR count). The molecule has 1 unspecified atom stereocenters. The van der Waals surface area contributed by atoms with Crippen LogP contribution in [0.1, 0.15) is 19.1 Å². The number of nitrogens with one attached hydrogen (secondary N) is 1. The molecule has 0 radical (unpaired) electrons. The minimum absolute atomic E-state index is 0.0378. The van der Waals surface area contributed by atoms with Gasteiger partial charge in [0.25, 0.3) is 0 Å². The third kappa shape index (κ3) is 2.40. The Balaban J connectivity index is 1.77.